The summed E-state index contributed by atoms with van der Waals surface area (Å²) in [6.07, 6.45) is 3.70. The number of aromatic amines is 1. The molecule has 1 amide bonds. The van der Waals surface area contributed by atoms with Gasteiger partial charge in [-0.2, -0.15) is 10.2 Å². The molecule has 162 valence electrons. The molecule has 0 unspecified atom stereocenters. The maximum atomic E-state index is 11.7. The molecule has 0 radical (unpaired) electrons. The van der Waals surface area contributed by atoms with Crippen LogP contribution in [0.1, 0.15) is 18.4 Å². The summed E-state index contributed by atoms with van der Waals surface area (Å²) in [6, 6.07) is 13.7. The van der Waals surface area contributed by atoms with Crippen molar-refractivity contribution in [1.29, 1.82) is 0 Å². The number of carbonyl (C=O) groups is 1. The highest BCUT2D eigenvalue weighted by Gasteiger charge is 2.56. The van der Waals surface area contributed by atoms with Crippen molar-refractivity contribution in [2.45, 2.75) is 24.8 Å². The molecule has 1 saturated carbocycles. The van der Waals surface area contributed by atoms with E-state index in [0.29, 0.717) is 6.61 Å². The van der Waals surface area contributed by atoms with Gasteiger partial charge in [-0.1, -0.05) is 12.1 Å². The molecule has 1 aliphatic carbocycles. The summed E-state index contributed by atoms with van der Waals surface area (Å²) in [5.41, 5.74) is 3.72. The van der Waals surface area contributed by atoms with E-state index in [1.165, 1.54) is 0 Å². The fourth-order valence-electron chi connectivity index (χ4n) is 4.33. The van der Waals surface area contributed by atoms with Crippen LogP contribution in [0.2, 0.25) is 0 Å². The number of amides is 1. The zero-order chi connectivity index (χ0) is 21.7. The Bertz CT molecular complexity index is 1340. The van der Waals surface area contributed by atoms with Crippen LogP contribution in [0.15, 0.2) is 48.7 Å². The lowest BCUT2D eigenvalue weighted by Crippen LogP contribution is -2.18. The monoisotopic (exact) mass is 430 g/mol. The van der Waals surface area contributed by atoms with Gasteiger partial charge in [-0.15, -0.1) is 0 Å². The van der Waals surface area contributed by atoms with E-state index in [-0.39, 0.29) is 11.3 Å². The Morgan fingerprint density at radius 1 is 1.22 bits per heavy atom. The van der Waals surface area contributed by atoms with Crippen molar-refractivity contribution in [3.8, 4) is 11.6 Å². The van der Waals surface area contributed by atoms with Crippen LogP contribution in [-0.4, -0.2) is 39.6 Å². The van der Waals surface area contributed by atoms with Crippen LogP contribution in [0, 0.1) is 0 Å². The van der Waals surface area contributed by atoms with Crippen LogP contribution < -0.4 is 20.1 Å². The van der Waals surface area contributed by atoms with E-state index in [9.17, 15) is 4.79 Å². The number of benzene rings is 2. The molecule has 2 aromatic carbocycles. The minimum atomic E-state index is -0.204. The average Bonchev–Trinajstić information content (AvgIpc) is 3.08. The molecule has 0 bridgehead atoms. The minimum absolute atomic E-state index is 0.153. The number of rotatable bonds is 3. The third kappa shape index (κ3) is 2.89. The molecule has 3 N–H and O–H groups in total. The smallest absolute Gasteiger partial charge is 0.236 e. The highest BCUT2D eigenvalue weighted by Crippen LogP contribution is 2.55. The third-order valence-electron chi connectivity index (χ3n) is 6.23. The summed E-state index contributed by atoms with van der Waals surface area (Å²) in [7, 11) is 1.64. The van der Waals surface area contributed by atoms with E-state index in [1.807, 2.05) is 47.1 Å². The maximum absolute atomic E-state index is 11.7. The molecule has 9 heteroatoms. The van der Waals surface area contributed by atoms with Crippen molar-refractivity contribution >= 4 is 34.0 Å². The number of ether oxygens (including phenoxy) is 2. The second-order valence-electron chi connectivity index (χ2n) is 8.13. The number of aromatic nitrogens is 4. The Hall–Kier alpha value is -4.01. The Kier molecular flexibility index (Phi) is 4.11. The molecule has 0 atom stereocenters. The standard InChI is InChI=1S/C12H11N5O.C11H11NO2/c1-2-4-9-8(3-1)11(16-15-9)14-10-7-13-17-5-6-18-12(10)17;1-14-7-2-3-9-8(6-7)11(4-5-11)10(13)12-9/h1-4,7H,5-6H2,(H2,14,15,16);2-3,6H,4-5H2,1H3,(H,12,13). The third-order valence-corrected chi connectivity index (χ3v) is 6.23. The van der Waals surface area contributed by atoms with Gasteiger partial charge in [0.15, 0.2) is 5.82 Å². The number of methoxy groups -OCH3 is 1. The molecular weight excluding hydrogens is 408 g/mol. The van der Waals surface area contributed by atoms with Crippen LogP contribution >= 0.6 is 0 Å². The summed E-state index contributed by atoms with van der Waals surface area (Å²) < 4.78 is 12.5. The average molecular weight is 430 g/mol. The Morgan fingerprint density at radius 2 is 2.09 bits per heavy atom. The van der Waals surface area contributed by atoms with Gasteiger partial charge in [0.2, 0.25) is 11.8 Å². The number of hydrogen-bond acceptors (Lipinski definition) is 6. The van der Waals surface area contributed by atoms with Gasteiger partial charge in [-0.05, 0) is 48.7 Å². The van der Waals surface area contributed by atoms with Crippen molar-refractivity contribution in [2.75, 3.05) is 24.4 Å². The second-order valence-corrected chi connectivity index (χ2v) is 8.13. The predicted molar refractivity (Wildman–Crippen MR) is 120 cm³/mol. The lowest BCUT2D eigenvalue weighted by molar-refractivity contribution is -0.117. The van der Waals surface area contributed by atoms with Gasteiger partial charge >= 0.3 is 0 Å². The maximum Gasteiger partial charge on any atom is 0.236 e. The molecular formula is C23H22N6O3. The zero-order valence-electron chi connectivity index (χ0n) is 17.5. The van der Waals surface area contributed by atoms with Gasteiger partial charge in [0.1, 0.15) is 18.0 Å². The van der Waals surface area contributed by atoms with Gasteiger partial charge in [-0.25, -0.2) is 4.68 Å². The van der Waals surface area contributed by atoms with Gasteiger partial charge in [-0.3, -0.25) is 9.89 Å². The predicted octanol–water partition coefficient (Wildman–Crippen LogP) is 3.57. The Labute approximate surface area is 183 Å². The number of nitrogens with zero attached hydrogens (tertiary/aromatic N) is 3. The van der Waals surface area contributed by atoms with E-state index in [4.69, 9.17) is 9.47 Å². The lowest BCUT2D eigenvalue weighted by Gasteiger charge is -2.06. The highest BCUT2D eigenvalue weighted by molar-refractivity contribution is 6.08. The molecule has 1 spiro atoms. The molecule has 4 aromatic rings. The van der Waals surface area contributed by atoms with E-state index < -0.39 is 0 Å². The van der Waals surface area contributed by atoms with Crippen molar-refractivity contribution in [1.82, 2.24) is 20.0 Å². The normalized spacial score (nSPS) is 16.6. The van der Waals surface area contributed by atoms with Crippen molar-refractivity contribution in [3.05, 3.63) is 54.2 Å². The minimum Gasteiger partial charge on any atom is -0.497 e. The molecule has 0 saturated heterocycles. The van der Waals surface area contributed by atoms with Gasteiger partial charge < -0.3 is 20.1 Å². The quantitative estimate of drug-likeness (QED) is 0.459. The molecule has 2 aromatic heterocycles. The first kappa shape index (κ1) is 18.7. The topological polar surface area (TPSA) is 106 Å². The SMILES string of the molecule is COc1ccc2c(c1)C1(CC1)C(=O)N2.c1ccc2c(Nc3cnn4c3OCC4)n[nH]c2c1. The number of anilines is 3. The summed E-state index contributed by atoms with van der Waals surface area (Å²) in [5.74, 6) is 2.55. The summed E-state index contributed by atoms with van der Waals surface area (Å²) >= 11 is 0. The fraction of sp³-hybridized carbons (Fsp3) is 0.261. The van der Waals surface area contributed by atoms with Crippen molar-refractivity contribution in [3.63, 3.8) is 0 Å². The van der Waals surface area contributed by atoms with Crippen LogP contribution in [0.5, 0.6) is 11.6 Å². The van der Waals surface area contributed by atoms with Gasteiger partial charge in [0.05, 0.1) is 30.8 Å². The molecule has 1 fully saturated rings. The van der Waals surface area contributed by atoms with Crippen LogP contribution in [0.3, 0.4) is 0 Å². The second kappa shape index (κ2) is 7.01. The van der Waals surface area contributed by atoms with Crippen molar-refractivity contribution < 1.29 is 14.3 Å². The lowest BCUT2D eigenvalue weighted by atomic mass is 9.98. The number of hydrogen-bond donors (Lipinski definition) is 3. The first-order valence-electron chi connectivity index (χ1n) is 10.6. The molecule has 7 rings (SSSR count). The van der Waals surface area contributed by atoms with E-state index in [0.717, 1.165) is 64.7 Å². The number of carbonyl (C=O) groups excluding carboxylic acids is 1. The zero-order valence-corrected chi connectivity index (χ0v) is 17.5. The number of nitrogens with one attached hydrogen (secondary N) is 3. The Morgan fingerprint density at radius 3 is 2.94 bits per heavy atom. The van der Waals surface area contributed by atoms with Gasteiger partial charge in [0.25, 0.3) is 0 Å². The van der Waals surface area contributed by atoms with Crippen LogP contribution in [0.4, 0.5) is 17.2 Å². The number of para-hydroxylation sites is 1. The molecule has 4 heterocycles. The van der Waals surface area contributed by atoms with Gasteiger partial charge in [0, 0.05) is 11.1 Å². The fourth-order valence-corrected chi connectivity index (χ4v) is 4.33. The van der Waals surface area contributed by atoms with E-state index in [2.05, 4.69) is 25.9 Å². The van der Waals surface area contributed by atoms with Crippen LogP contribution in [-0.2, 0) is 16.8 Å². The summed E-state index contributed by atoms with van der Waals surface area (Å²) in [4.78, 5) is 11.7. The molecule has 9 nitrogen and oxygen atoms in total. The van der Waals surface area contributed by atoms with E-state index >= 15 is 0 Å². The van der Waals surface area contributed by atoms with Crippen molar-refractivity contribution in [2.24, 2.45) is 0 Å². The Balaban J connectivity index is 0.000000126. The molecule has 2 aliphatic heterocycles. The van der Waals surface area contributed by atoms with E-state index in [1.54, 1.807) is 13.3 Å². The van der Waals surface area contributed by atoms with Crippen LogP contribution in [0.25, 0.3) is 10.9 Å². The highest BCUT2D eigenvalue weighted by atomic mass is 16.5. The molecule has 3 aliphatic rings. The largest absolute Gasteiger partial charge is 0.497 e. The summed E-state index contributed by atoms with van der Waals surface area (Å²) in [6.45, 7) is 1.48. The number of H-pyrrole nitrogens is 1. The number of fused-ring (bicyclic) bond motifs is 4. The summed E-state index contributed by atoms with van der Waals surface area (Å²) in [5, 5.41) is 18.7. The molecule has 32 heavy (non-hydrogen) atoms. The first-order valence-corrected chi connectivity index (χ1v) is 10.6. The first-order chi connectivity index (χ1) is 15.7.